The van der Waals surface area contributed by atoms with E-state index in [-0.39, 0.29) is 5.82 Å². The molecule has 0 heterocycles. The lowest BCUT2D eigenvalue weighted by atomic mass is 9.93. The van der Waals surface area contributed by atoms with Crippen molar-refractivity contribution in [1.29, 1.82) is 0 Å². The second kappa shape index (κ2) is 18.7. The monoisotopic (exact) mass is 509 g/mol. The highest BCUT2D eigenvalue weighted by Crippen LogP contribution is 2.27. The first-order valence-corrected chi connectivity index (χ1v) is 14.5. The summed E-state index contributed by atoms with van der Waals surface area (Å²) in [5.74, 6) is 1.16. The van der Waals surface area contributed by atoms with Gasteiger partial charge < -0.3 is 5.32 Å². The molecule has 0 saturated heterocycles. The Morgan fingerprint density at radius 1 is 1.00 bits per heavy atom. The Morgan fingerprint density at radius 2 is 1.57 bits per heavy atom. The number of amidine groups is 1. The van der Waals surface area contributed by atoms with Gasteiger partial charge in [0.05, 0.1) is 17.6 Å². The molecule has 0 unspecified atom stereocenters. The Balaban J connectivity index is 0.00000334. The minimum absolute atomic E-state index is 0.243. The molecule has 1 saturated carbocycles. The van der Waals surface area contributed by atoms with Gasteiger partial charge in [-0.1, -0.05) is 72.8 Å². The van der Waals surface area contributed by atoms with Crippen molar-refractivity contribution in [3.05, 3.63) is 65.6 Å². The van der Waals surface area contributed by atoms with Crippen molar-refractivity contribution in [1.82, 2.24) is 5.32 Å². The van der Waals surface area contributed by atoms with Crippen LogP contribution >= 0.6 is 0 Å². The van der Waals surface area contributed by atoms with E-state index in [1.807, 2.05) is 40.0 Å². The summed E-state index contributed by atoms with van der Waals surface area (Å²) in [7, 11) is 0. The van der Waals surface area contributed by atoms with E-state index in [1.165, 1.54) is 50.7 Å². The molecule has 0 radical (unpaired) electrons. The molecular formula is C33H52FN3. The number of allylic oxidation sites excluding steroid dienone is 3. The van der Waals surface area contributed by atoms with Crippen LogP contribution in [0, 0.1) is 11.7 Å². The van der Waals surface area contributed by atoms with Gasteiger partial charge in [-0.15, -0.1) is 0 Å². The zero-order chi connectivity index (χ0) is 27.6. The average molecular weight is 510 g/mol. The van der Waals surface area contributed by atoms with E-state index in [0.29, 0.717) is 12.0 Å². The fraction of sp³-hybridized carbons (Fsp3) is 0.576. The molecule has 0 bridgehead atoms. The number of benzene rings is 1. The third-order valence-corrected chi connectivity index (χ3v) is 6.89. The van der Waals surface area contributed by atoms with Gasteiger partial charge in [-0.2, -0.15) is 0 Å². The molecule has 4 heteroatoms. The maximum Gasteiger partial charge on any atom is 0.123 e. The number of nitrogens with zero attached hydrogens (tertiary/aromatic N) is 2. The lowest BCUT2D eigenvalue weighted by molar-refractivity contribution is 0.557. The first-order valence-electron chi connectivity index (χ1n) is 14.5. The van der Waals surface area contributed by atoms with E-state index < -0.39 is 0 Å². The first-order chi connectivity index (χ1) is 17.8. The van der Waals surface area contributed by atoms with E-state index >= 15 is 0 Å². The highest BCUT2D eigenvalue weighted by molar-refractivity contribution is 5.91. The molecular weight excluding hydrogens is 457 g/mol. The van der Waals surface area contributed by atoms with Gasteiger partial charge in [-0.05, 0) is 93.9 Å². The topological polar surface area (TPSA) is 36.8 Å². The molecule has 0 aliphatic heterocycles. The predicted octanol–water partition coefficient (Wildman–Crippen LogP) is 10.1. The lowest BCUT2D eigenvalue weighted by Crippen LogP contribution is -2.17. The van der Waals surface area contributed by atoms with Crippen LogP contribution in [0.25, 0.3) is 5.70 Å². The van der Waals surface area contributed by atoms with Crippen LogP contribution in [0.3, 0.4) is 0 Å². The second-order valence-electron chi connectivity index (χ2n) is 9.87. The number of hydrogen-bond donors (Lipinski definition) is 1. The molecule has 1 aliphatic carbocycles. The zero-order valence-electron chi connectivity index (χ0n) is 24.7. The Bertz CT molecular complexity index is 907. The summed E-state index contributed by atoms with van der Waals surface area (Å²) >= 11 is 0. The third-order valence-electron chi connectivity index (χ3n) is 6.89. The average Bonchev–Trinajstić information content (AvgIpc) is 3.17. The van der Waals surface area contributed by atoms with Crippen molar-refractivity contribution in [3.63, 3.8) is 0 Å². The summed E-state index contributed by atoms with van der Waals surface area (Å²) in [5.41, 5.74) is 4.76. The van der Waals surface area contributed by atoms with Crippen LogP contribution in [0.5, 0.6) is 0 Å². The molecule has 0 spiro atoms. The number of halogens is 1. The zero-order valence-corrected chi connectivity index (χ0v) is 24.7. The van der Waals surface area contributed by atoms with Gasteiger partial charge in [-0.3, -0.25) is 9.98 Å². The minimum atomic E-state index is -0.243. The van der Waals surface area contributed by atoms with Gasteiger partial charge in [0.2, 0.25) is 0 Å². The quantitative estimate of drug-likeness (QED) is 0.137. The fourth-order valence-corrected chi connectivity index (χ4v) is 4.74. The third kappa shape index (κ3) is 12.1. The normalized spacial score (nSPS) is 16.2. The Morgan fingerprint density at radius 3 is 2.11 bits per heavy atom. The summed E-state index contributed by atoms with van der Waals surface area (Å²) in [4.78, 5) is 9.98. The van der Waals surface area contributed by atoms with Crippen LogP contribution in [-0.4, -0.2) is 17.6 Å². The van der Waals surface area contributed by atoms with E-state index in [9.17, 15) is 4.39 Å². The lowest BCUT2D eigenvalue weighted by Gasteiger charge is -2.17. The van der Waals surface area contributed by atoms with Gasteiger partial charge in [-0.25, -0.2) is 4.39 Å². The Hall–Kier alpha value is -2.49. The molecule has 3 nitrogen and oxygen atoms in total. The minimum Gasteiger partial charge on any atom is -0.351 e. The van der Waals surface area contributed by atoms with Crippen molar-refractivity contribution < 1.29 is 4.39 Å². The molecule has 1 aromatic rings. The number of nitrogens with one attached hydrogen (secondary N) is 1. The van der Waals surface area contributed by atoms with Crippen LogP contribution < -0.4 is 5.32 Å². The summed E-state index contributed by atoms with van der Waals surface area (Å²) in [5, 5.41) is 3.32. The Labute approximate surface area is 227 Å². The number of hydrogen-bond acceptors (Lipinski definition) is 2. The highest BCUT2D eigenvalue weighted by atomic mass is 19.1. The first kappa shape index (κ1) is 32.5. The van der Waals surface area contributed by atoms with Crippen molar-refractivity contribution >= 4 is 17.2 Å². The molecule has 1 fully saturated rings. The maximum absolute atomic E-state index is 13.6. The molecule has 0 atom stereocenters. The van der Waals surface area contributed by atoms with Crippen molar-refractivity contribution in [2.45, 2.75) is 119 Å². The molecule has 1 N–H and O–H groups in total. The second-order valence-corrected chi connectivity index (χ2v) is 9.87. The van der Waals surface area contributed by atoms with Crippen LogP contribution in [0.1, 0.15) is 118 Å². The molecule has 2 rings (SSSR count). The van der Waals surface area contributed by atoms with Gasteiger partial charge in [0, 0.05) is 17.5 Å². The van der Waals surface area contributed by atoms with Crippen molar-refractivity contribution in [3.8, 4) is 0 Å². The van der Waals surface area contributed by atoms with Gasteiger partial charge in [0.15, 0.2) is 0 Å². The van der Waals surface area contributed by atoms with Crippen LogP contribution in [-0.2, 0) is 0 Å². The van der Waals surface area contributed by atoms with E-state index in [0.717, 1.165) is 59.6 Å². The highest BCUT2D eigenvalue weighted by Gasteiger charge is 2.14. The molecule has 0 aromatic heterocycles. The summed E-state index contributed by atoms with van der Waals surface area (Å²) in [6, 6.07) is 7.04. The number of rotatable bonds is 11. The van der Waals surface area contributed by atoms with Gasteiger partial charge in [0.1, 0.15) is 5.82 Å². The fourth-order valence-electron chi connectivity index (χ4n) is 4.74. The van der Waals surface area contributed by atoms with Crippen molar-refractivity contribution in [2.75, 3.05) is 0 Å². The maximum atomic E-state index is 13.6. The van der Waals surface area contributed by atoms with Crippen LogP contribution in [0.2, 0.25) is 0 Å². The van der Waals surface area contributed by atoms with Crippen molar-refractivity contribution in [2.24, 2.45) is 15.9 Å². The van der Waals surface area contributed by atoms with E-state index in [1.54, 1.807) is 12.1 Å². The van der Waals surface area contributed by atoms with E-state index in [2.05, 4.69) is 32.7 Å². The Kier molecular flexibility index (Phi) is 16.5. The molecule has 37 heavy (non-hydrogen) atoms. The van der Waals surface area contributed by atoms with Gasteiger partial charge >= 0.3 is 0 Å². The van der Waals surface area contributed by atoms with Crippen LogP contribution in [0.4, 0.5) is 4.39 Å². The van der Waals surface area contributed by atoms with Crippen LogP contribution in [0.15, 0.2) is 64.3 Å². The van der Waals surface area contributed by atoms with Gasteiger partial charge in [0.25, 0.3) is 0 Å². The molecule has 206 valence electrons. The SMILES string of the molecule is C=C(/C=C\NC(C)=NC1CCCCCC1)/C(C)=C(/N=C(C)C(CCC)CCC)c1ccc(F)cc1.CC. The largest absolute Gasteiger partial charge is 0.351 e. The molecule has 1 aliphatic rings. The predicted molar refractivity (Wildman–Crippen MR) is 163 cm³/mol. The summed E-state index contributed by atoms with van der Waals surface area (Å²) < 4.78 is 13.6. The smallest absolute Gasteiger partial charge is 0.123 e. The standard InChI is InChI=1S/C31H46FN3.C2H6/c1-7-13-27(14-8-2)25(5)34-31(28-17-19-29(32)20-18-28)24(4)23(3)21-22-33-26(6)35-30-15-11-9-10-12-16-30;1-2/h17-22,27,30H,3,7-16H2,1-2,4-6H3,(H,33,35);1-2H3/b22-21-,31-24+,34-25?;. The molecule has 0 amide bonds. The number of aliphatic imine (C=N–C) groups is 2. The molecule has 1 aromatic carbocycles. The summed E-state index contributed by atoms with van der Waals surface area (Å²) in [6.07, 6.45) is 16.0. The van der Waals surface area contributed by atoms with E-state index in [4.69, 9.17) is 9.98 Å². The summed E-state index contributed by atoms with van der Waals surface area (Å²) in [6.45, 7) is 18.9.